The zero-order valence-electron chi connectivity index (χ0n) is 26.2. The number of halogens is 5. The number of aryl methyl sites for hydroxylation is 1. The Labute approximate surface area is 278 Å². The molecule has 2 saturated heterocycles. The number of pyridine rings is 2. The molecule has 0 amide bonds. The average Bonchev–Trinajstić information content (AvgIpc) is 3.37. The van der Waals surface area contributed by atoms with Crippen LogP contribution < -0.4 is 25.8 Å². The fourth-order valence-corrected chi connectivity index (χ4v) is 7.44. The van der Waals surface area contributed by atoms with Crippen molar-refractivity contribution in [1.29, 1.82) is 0 Å². The van der Waals surface area contributed by atoms with Gasteiger partial charge in [0.25, 0.3) is 0 Å². The first kappa shape index (κ1) is 32.3. The zero-order chi connectivity index (χ0) is 34.0. The molecule has 0 spiro atoms. The molecule has 3 aromatic heterocycles. The number of anilines is 3. The second-order valence-corrected chi connectivity index (χ2v) is 12.7. The summed E-state index contributed by atoms with van der Waals surface area (Å²) in [6.07, 6.45) is -1.56. The molecule has 2 fully saturated rings. The Bertz CT molecular complexity index is 1910. The minimum absolute atomic E-state index is 0.0157. The number of rotatable bonds is 6. The molecule has 1 aromatic carbocycles. The standard InChI is InChI=1S/C32H33ClF4N8O3/c1-16-13-19(38)41-25(22(16)32(35,36)37)20-23(33)27-21-26(24(20)34)42-30(48-15-31-6-4-8-44(31)9-11-46-14-31)43-29(21)45(10-12-47-27)17(2)18-5-3-7-40-28(18)39/h3,5,7,13,17H,4,6,8-12,14-15H2,1-2H3,(H2,38,41)(H2,39,40)/t17-,31-/m1/s1. The number of nitrogens with two attached hydrogens (primary N) is 2. The molecule has 48 heavy (non-hydrogen) atoms. The van der Waals surface area contributed by atoms with Crippen LogP contribution in [0, 0.1) is 12.7 Å². The van der Waals surface area contributed by atoms with E-state index in [1.165, 1.54) is 6.92 Å². The van der Waals surface area contributed by atoms with Gasteiger partial charge in [0, 0.05) is 18.3 Å². The lowest BCUT2D eigenvalue weighted by Crippen LogP contribution is -2.56. The minimum atomic E-state index is -4.91. The van der Waals surface area contributed by atoms with Crippen LogP contribution in [0.3, 0.4) is 0 Å². The van der Waals surface area contributed by atoms with Crippen LogP contribution in [-0.4, -0.2) is 76.4 Å². The molecule has 3 aliphatic heterocycles. The normalized spacial score (nSPS) is 20.4. The Morgan fingerprint density at radius 3 is 2.73 bits per heavy atom. The molecule has 6 heterocycles. The van der Waals surface area contributed by atoms with E-state index in [0.717, 1.165) is 32.0 Å². The molecule has 0 radical (unpaired) electrons. The van der Waals surface area contributed by atoms with Crippen LogP contribution in [0.15, 0.2) is 24.4 Å². The number of fused-ring (bicyclic) bond motifs is 1. The van der Waals surface area contributed by atoms with Crippen LogP contribution in [-0.2, 0) is 10.9 Å². The third-order valence-electron chi connectivity index (χ3n) is 9.43. The van der Waals surface area contributed by atoms with E-state index in [1.807, 2.05) is 17.9 Å². The molecule has 0 aliphatic carbocycles. The van der Waals surface area contributed by atoms with Crippen LogP contribution in [0.4, 0.5) is 35.0 Å². The monoisotopic (exact) mass is 688 g/mol. The summed E-state index contributed by atoms with van der Waals surface area (Å²) in [7, 11) is 0. The summed E-state index contributed by atoms with van der Waals surface area (Å²) in [6, 6.07) is 4.01. The smallest absolute Gasteiger partial charge is 0.418 e. The number of aromatic nitrogens is 4. The molecule has 4 N–H and O–H groups in total. The third-order valence-corrected chi connectivity index (χ3v) is 9.79. The summed E-state index contributed by atoms with van der Waals surface area (Å²) < 4.78 is 78.5. The molecular formula is C32H33ClF4N8O3. The number of hydrogen-bond donors (Lipinski definition) is 2. The lowest BCUT2D eigenvalue weighted by Gasteiger charge is -2.41. The molecule has 4 aromatic rings. The van der Waals surface area contributed by atoms with E-state index in [0.29, 0.717) is 18.8 Å². The van der Waals surface area contributed by atoms with Gasteiger partial charge in [0.05, 0.1) is 58.6 Å². The summed E-state index contributed by atoms with van der Waals surface area (Å²) in [5.41, 5.74) is 9.21. The molecule has 16 heteroatoms. The van der Waals surface area contributed by atoms with E-state index in [-0.39, 0.29) is 65.4 Å². The summed E-state index contributed by atoms with van der Waals surface area (Å²) in [6.45, 7) is 6.18. The van der Waals surface area contributed by atoms with Crippen LogP contribution >= 0.6 is 11.6 Å². The largest absolute Gasteiger partial charge is 0.489 e. The molecule has 0 bridgehead atoms. The van der Waals surface area contributed by atoms with Crippen LogP contribution in [0.5, 0.6) is 11.8 Å². The maximum absolute atomic E-state index is 17.0. The van der Waals surface area contributed by atoms with E-state index in [2.05, 4.69) is 19.9 Å². The summed E-state index contributed by atoms with van der Waals surface area (Å²) in [4.78, 5) is 21.5. The van der Waals surface area contributed by atoms with E-state index >= 15 is 4.39 Å². The maximum Gasteiger partial charge on any atom is 0.418 e. The van der Waals surface area contributed by atoms with Gasteiger partial charge in [-0.3, -0.25) is 4.90 Å². The van der Waals surface area contributed by atoms with Crippen molar-refractivity contribution >= 4 is 40.0 Å². The van der Waals surface area contributed by atoms with Crippen LogP contribution in [0.2, 0.25) is 5.02 Å². The molecule has 3 aliphatic rings. The second kappa shape index (κ2) is 12.0. The predicted octanol–water partition coefficient (Wildman–Crippen LogP) is 5.57. The van der Waals surface area contributed by atoms with Crippen molar-refractivity contribution in [3.8, 4) is 23.0 Å². The van der Waals surface area contributed by atoms with Gasteiger partial charge in [-0.15, -0.1) is 0 Å². The SMILES string of the molecule is Cc1cc(N)nc(-c2c(Cl)c3c4c(nc(OC[C@]56CCCN5CCOC6)nc4c2F)N([C@H](C)c2cccnc2N)CCO3)c1C(F)(F)F. The highest BCUT2D eigenvalue weighted by Crippen LogP contribution is 2.51. The Balaban J connectivity index is 1.46. The molecule has 0 unspecified atom stereocenters. The zero-order valence-corrected chi connectivity index (χ0v) is 27.0. The van der Waals surface area contributed by atoms with Crippen molar-refractivity contribution in [3.63, 3.8) is 0 Å². The number of morpholine rings is 1. The fourth-order valence-electron chi connectivity index (χ4n) is 7.12. The van der Waals surface area contributed by atoms with Gasteiger partial charge in [-0.05, 0) is 50.9 Å². The molecule has 0 saturated carbocycles. The lowest BCUT2D eigenvalue weighted by molar-refractivity contribution is -0.137. The van der Waals surface area contributed by atoms with Gasteiger partial charge < -0.3 is 30.6 Å². The number of benzene rings is 1. The molecule has 254 valence electrons. The molecule has 7 rings (SSSR count). The second-order valence-electron chi connectivity index (χ2n) is 12.3. The van der Waals surface area contributed by atoms with Crippen LogP contribution in [0.1, 0.15) is 42.5 Å². The maximum atomic E-state index is 17.0. The van der Waals surface area contributed by atoms with Gasteiger partial charge in [-0.1, -0.05) is 17.7 Å². The predicted molar refractivity (Wildman–Crippen MR) is 172 cm³/mol. The topological polar surface area (TPSA) is 138 Å². The number of nitrogens with zero attached hydrogens (tertiary/aromatic N) is 6. The Hall–Kier alpha value is -4.21. The van der Waals surface area contributed by atoms with Crippen molar-refractivity contribution in [2.75, 3.05) is 62.4 Å². The fraction of sp³-hybridized carbons (Fsp3) is 0.438. The highest BCUT2D eigenvalue weighted by molar-refractivity contribution is 6.36. The minimum Gasteiger partial charge on any atom is -0.489 e. The number of nitrogen functional groups attached to an aromatic ring is 2. The van der Waals surface area contributed by atoms with E-state index in [1.54, 1.807) is 12.3 Å². The van der Waals surface area contributed by atoms with Gasteiger partial charge in [0.2, 0.25) is 0 Å². The number of ether oxygens (including phenoxy) is 3. The van der Waals surface area contributed by atoms with E-state index < -0.39 is 45.4 Å². The molecular weight excluding hydrogens is 656 g/mol. The number of alkyl halides is 3. The summed E-state index contributed by atoms with van der Waals surface area (Å²) in [5, 5.41) is -0.354. The Morgan fingerprint density at radius 2 is 1.96 bits per heavy atom. The van der Waals surface area contributed by atoms with Crippen molar-refractivity contribution in [3.05, 3.63) is 51.9 Å². The van der Waals surface area contributed by atoms with Gasteiger partial charge in [0.15, 0.2) is 11.6 Å². The Kier molecular flexibility index (Phi) is 8.11. The van der Waals surface area contributed by atoms with E-state index in [9.17, 15) is 13.2 Å². The van der Waals surface area contributed by atoms with Crippen molar-refractivity contribution in [1.82, 2.24) is 24.8 Å². The van der Waals surface area contributed by atoms with Crippen LogP contribution in [0.25, 0.3) is 22.2 Å². The van der Waals surface area contributed by atoms with Crippen molar-refractivity contribution in [2.45, 2.75) is 44.4 Å². The highest BCUT2D eigenvalue weighted by atomic mass is 35.5. The highest BCUT2D eigenvalue weighted by Gasteiger charge is 2.45. The van der Waals surface area contributed by atoms with E-state index in [4.69, 9.17) is 42.3 Å². The first-order chi connectivity index (χ1) is 22.9. The van der Waals surface area contributed by atoms with Gasteiger partial charge in [-0.2, -0.15) is 23.1 Å². The summed E-state index contributed by atoms with van der Waals surface area (Å²) in [5.74, 6) is -0.990. The Morgan fingerprint density at radius 1 is 1.15 bits per heavy atom. The first-order valence-corrected chi connectivity index (χ1v) is 15.9. The van der Waals surface area contributed by atoms with Gasteiger partial charge in [0.1, 0.15) is 36.2 Å². The quantitative estimate of drug-likeness (QED) is 0.246. The lowest BCUT2D eigenvalue weighted by atomic mass is 9.97. The van der Waals surface area contributed by atoms with Gasteiger partial charge in [-0.25, -0.2) is 14.4 Å². The van der Waals surface area contributed by atoms with Crippen molar-refractivity contribution in [2.24, 2.45) is 0 Å². The van der Waals surface area contributed by atoms with Crippen molar-refractivity contribution < 1.29 is 31.8 Å². The summed E-state index contributed by atoms with van der Waals surface area (Å²) >= 11 is 6.80. The first-order valence-electron chi connectivity index (χ1n) is 15.5. The molecule has 11 nitrogen and oxygen atoms in total. The van der Waals surface area contributed by atoms with Gasteiger partial charge >= 0.3 is 12.2 Å². The average molecular weight is 689 g/mol. The number of hydrogen-bond acceptors (Lipinski definition) is 11. The molecule has 2 atom stereocenters. The third kappa shape index (κ3) is 5.37.